The van der Waals surface area contributed by atoms with Gasteiger partial charge >= 0.3 is 5.51 Å². The number of hydrogen-bond acceptors (Lipinski definition) is 4. The van der Waals surface area contributed by atoms with Gasteiger partial charge in [-0.25, -0.2) is 12.8 Å². The van der Waals surface area contributed by atoms with Crippen LogP contribution < -0.4 is 4.90 Å². The van der Waals surface area contributed by atoms with Crippen molar-refractivity contribution in [3.05, 3.63) is 42.0 Å². The van der Waals surface area contributed by atoms with Crippen molar-refractivity contribution < 1.29 is 26.0 Å². The van der Waals surface area contributed by atoms with Crippen molar-refractivity contribution in [2.75, 3.05) is 18.0 Å². The fraction of sp³-hybridized carbons (Fsp3) is 0.438. The standard InChI is InChI=1S/C16H17F4N3O2S/c1-22-10-12(9-21-22)11-4-6-23(7-5-11)14-3-2-13(17)8-15(14)26(24,25)16(18,19)20/h2-3,8-11H,4-7H2,1H3. The van der Waals surface area contributed by atoms with Gasteiger partial charge in [-0.05, 0) is 42.5 Å². The minimum absolute atomic E-state index is 0.117. The molecule has 0 radical (unpaired) electrons. The smallest absolute Gasteiger partial charge is 0.370 e. The summed E-state index contributed by atoms with van der Waals surface area (Å²) in [5.74, 6) is -0.829. The van der Waals surface area contributed by atoms with Crippen molar-refractivity contribution in [2.45, 2.75) is 29.2 Å². The molecule has 26 heavy (non-hydrogen) atoms. The van der Waals surface area contributed by atoms with E-state index in [1.165, 1.54) is 0 Å². The molecule has 0 aliphatic carbocycles. The molecular formula is C16H17F4N3O2S. The van der Waals surface area contributed by atoms with Gasteiger partial charge < -0.3 is 4.90 Å². The molecule has 1 saturated heterocycles. The number of anilines is 1. The predicted octanol–water partition coefficient (Wildman–Crippen LogP) is 3.24. The van der Waals surface area contributed by atoms with Crippen molar-refractivity contribution in [2.24, 2.45) is 7.05 Å². The zero-order valence-electron chi connectivity index (χ0n) is 13.9. The highest BCUT2D eigenvalue weighted by atomic mass is 32.2. The van der Waals surface area contributed by atoms with Crippen LogP contribution in [0.15, 0.2) is 35.5 Å². The number of benzene rings is 1. The Bertz CT molecular complexity index is 900. The van der Waals surface area contributed by atoms with Gasteiger partial charge in [-0.15, -0.1) is 0 Å². The summed E-state index contributed by atoms with van der Waals surface area (Å²) in [7, 11) is -3.84. The first kappa shape index (κ1) is 18.7. The molecule has 0 atom stereocenters. The number of aromatic nitrogens is 2. The summed E-state index contributed by atoms with van der Waals surface area (Å²) >= 11 is 0. The van der Waals surface area contributed by atoms with Crippen LogP contribution in [0.3, 0.4) is 0 Å². The molecule has 1 aliphatic rings. The van der Waals surface area contributed by atoms with Gasteiger partial charge in [0.05, 0.1) is 11.9 Å². The molecule has 2 heterocycles. The number of hydrogen-bond donors (Lipinski definition) is 0. The van der Waals surface area contributed by atoms with Crippen molar-refractivity contribution >= 4 is 15.5 Å². The fourth-order valence-corrected chi connectivity index (χ4v) is 4.18. The minimum Gasteiger partial charge on any atom is -0.370 e. The summed E-state index contributed by atoms with van der Waals surface area (Å²) in [6.07, 6.45) is 4.90. The van der Waals surface area contributed by atoms with Crippen LogP contribution in [0.4, 0.5) is 23.2 Å². The van der Waals surface area contributed by atoms with Crippen molar-refractivity contribution in [1.82, 2.24) is 9.78 Å². The van der Waals surface area contributed by atoms with Gasteiger partial charge in [0.1, 0.15) is 10.7 Å². The van der Waals surface area contributed by atoms with Crippen molar-refractivity contribution in [1.29, 1.82) is 0 Å². The maximum atomic E-state index is 13.5. The summed E-state index contributed by atoms with van der Waals surface area (Å²) in [5.41, 5.74) is -4.56. The molecule has 10 heteroatoms. The van der Waals surface area contributed by atoms with Gasteiger partial charge in [0.15, 0.2) is 0 Å². The Kier molecular flexibility index (Phi) is 4.72. The Labute approximate surface area is 148 Å². The normalized spacial score (nSPS) is 16.9. The minimum atomic E-state index is -5.64. The molecule has 0 saturated carbocycles. The van der Waals surface area contributed by atoms with Crippen molar-refractivity contribution in [3.8, 4) is 0 Å². The van der Waals surface area contributed by atoms with E-state index in [1.807, 2.05) is 6.20 Å². The average Bonchev–Trinajstić information content (AvgIpc) is 3.00. The molecular weight excluding hydrogens is 374 g/mol. The molecule has 0 spiro atoms. The maximum Gasteiger partial charge on any atom is 0.501 e. The van der Waals surface area contributed by atoms with Crippen LogP contribution in [0.1, 0.15) is 24.3 Å². The summed E-state index contributed by atoms with van der Waals surface area (Å²) in [6.45, 7) is 0.733. The number of piperidine rings is 1. The van der Waals surface area contributed by atoms with E-state index in [9.17, 15) is 26.0 Å². The number of sulfone groups is 1. The number of alkyl halides is 3. The van der Waals surface area contributed by atoms with E-state index in [2.05, 4.69) is 5.10 Å². The van der Waals surface area contributed by atoms with E-state index in [-0.39, 0.29) is 11.6 Å². The van der Waals surface area contributed by atoms with Gasteiger partial charge in [-0.2, -0.15) is 18.3 Å². The average molecular weight is 391 g/mol. The van der Waals surface area contributed by atoms with Crippen LogP contribution >= 0.6 is 0 Å². The SMILES string of the molecule is Cn1cc(C2CCN(c3ccc(F)cc3S(=O)(=O)C(F)(F)F)CC2)cn1. The lowest BCUT2D eigenvalue weighted by atomic mass is 9.91. The third kappa shape index (κ3) is 3.42. The quantitative estimate of drug-likeness (QED) is 0.754. The Balaban J connectivity index is 1.87. The highest BCUT2D eigenvalue weighted by Gasteiger charge is 2.48. The van der Waals surface area contributed by atoms with Gasteiger partial charge in [0.25, 0.3) is 9.84 Å². The van der Waals surface area contributed by atoms with Crippen LogP contribution in [0, 0.1) is 5.82 Å². The fourth-order valence-electron chi connectivity index (χ4n) is 3.19. The third-order valence-electron chi connectivity index (χ3n) is 4.55. The van der Waals surface area contributed by atoms with Crippen molar-refractivity contribution in [3.63, 3.8) is 0 Å². The van der Waals surface area contributed by atoms with Gasteiger partial charge in [0.2, 0.25) is 0 Å². The van der Waals surface area contributed by atoms with Gasteiger partial charge in [0, 0.05) is 26.3 Å². The van der Waals surface area contributed by atoms with Crippen LogP contribution in [0.2, 0.25) is 0 Å². The topological polar surface area (TPSA) is 55.2 Å². The molecule has 1 fully saturated rings. The van der Waals surface area contributed by atoms with Crippen LogP contribution in [-0.2, 0) is 16.9 Å². The van der Waals surface area contributed by atoms with Crippen LogP contribution in [-0.4, -0.2) is 36.8 Å². The molecule has 0 bridgehead atoms. The molecule has 0 unspecified atom stereocenters. The first-order valence-corrected chi connectivity index (χ1v) is 9.42. The molecule has 5 nitrogen and oxygen atoms in total. The molecule has 1 aromatic heterocycles. The highest BCUT2D eigenvalue weighted by Crippen LogP contribution is 2.38. The lowest BCUT2D eigenvalue weighted by Crippen LogP contribution is -2.35. The van der Waals surface area contributed by atoms with Crippen LogP contribution in [0.25, 0.3) is 0 Å². The number of nitrogens with zero attached hydrogens (tertiary/aromatic N) is 3. The van der Waals surface area contributed by atoms with E-state index in [0.717, 1.165) is 17.7 Å². The predicted molar refractivity (Wildman–Crippen MR) is 87.0 cm³/mol. The summed E-state index contributed by atoms with van der Waals surface area (Å²) in [4.78, 5) is 0.523. The van der Waals surface area contributed by atoms with Gasteiger partial charge in [-0.1, -0.05) is 0 Å². The molecule has 1 aliphatic heterocycles. The third-order valence-corrected chi connectivity index (χ3v) is 6.06. The second-order valence-corrected chi connectivity index (χ2v) is 8.18. The maximum absolute atomic E-state index is 13.5. The second-order valence-electron chi connectivity index (χ2n) is 6.27. The van der Waals surface area contributed by atoms with E-state index >= 15 is 0 Å². The lowest BCUT2D eigenvalue weighted by molar-refractivity contribution is -0.0435. The Hall–Kier alpha value is -2.10. The summed E-state index contributed by atoms with van der Waals surface area (Å²) in [6, 6.07) is 2.50. The molecule has 2 aromatic rings. The monoisotopic (exact) mass is 391 g/mol. The Morgan fingerprint density at radius 3 is 2.38 bits per heavy atom. The zero-order chi connectivity index (χ0) is 19.1. The molecule has 0 amide bonds. The first-order valence-electron chi connectivity index (χ1n) is 7.94. The number of halogens is 4. The molecule has 0 N–H and O–H groups in total. The summed E-state index contributed by atoms with van der Waals surface area (Å²) < 4.78 is 77.6. The van der Waals surface area contributed by atoms with E-state index < -0.39 is 26.1 Å². The summed E-state index contributed by atoms with van der Waals surface area (Å²) in [5, 5.41) is 4.11. The largest absolute Gasteiger partial charge is 0.501 e. The Morgan fingerprint density at radius 2 is 1.85 bits per heavy atom. The molecule has 1 aromatic carbocycles. The van der Waals surface area contributed by atoms with E-state index in [0.29, 0.717) is 32.0 Å². The second kappa shape index (κ2) is 6.57. The zero-order valence-corrected chi connectivity index (χ0v) is 14.7. The number of rotatable bonds is 3. The number of aryl methyl sites for hydroxylation is 1. The van der Waals surface area contributed by atoms with Gasteiger partial charge in [-0.3, -0.25) is 4.68 Å². The van der Waals surface area contributed by atoms with Crippen LogP contribution in [0.5, 0.6) is 0 Å². The lowest BCUT2D eigenvalue weighted by Gasteiger charge is -2.34. The first-order chi connectivity index (χ1) is 12.1. The van der Waals surface area contributed by atoms with E-state index in [1.54, 1.807) is 22.8 Å². The molecule has 3 rings (SSSR count). The van der Waals surface area contributed by atoms with E-state index in [4.69, 9.17) is 0 Å². The molecule has 142 valence electrons. The highest BCUT2D eigenvalue weighted by molar-refractivity contribution is 7.92. The Morgan fingerprint density at radius 1 is 1.19 bits per heavy atom.